The molecular weight excluding hydrogens is 188 g/mol. The lowest BCUT2D eigenvalue weighted by Crippen LogP contribution is -2.31. The van der Waals surface area contributed by atoms with Crippen molar-refractivity contribution in [3.05, 3.63) is 35.4 Å². The number of nitriles is 1. The molecule has 0 unspecified atom stereocenters. The summed E-state index contributed by atoms with van der Waals surface area (Å²) in [5.41, 5.74) is 1.16. The first-order valence-electron chi connectivity index (χ1n) is 4.98. The minimum Gasteiger partial charge on any atom is -0.350 e. The highest BCUT2D eigenvalue weighted by molar-refractivity contribution is 5.94. The average Bonchev–Trinajstić information content (AvgIpc) is 2.29. The fourth-order valence-corrected chi connectivity index (χ4v) is 1.11. The van der Waals surface area contributed by atoms with Crippen LogP contribution in [0.3, 0.4) is 0 Å². The van der Waals surface area contributed by atoms with Gasteiger partial charge in [0.15, 0.2) is 0 Å². The molecule has 1 aromatic rings. The number of benzene rings is 1. The van der Waals surface area contributed by atoms with Crippen LogP contribution in [0.1, 0.15) is 36.2 Å². The maximum absolute atomic E-state index is 11.6. The first kappa shape index (κ1) is 11.3. The van der Waals surface area contributed by atoms with Crippen LogP contribution >= 0.6 is 0 Å². The molecule has 0 aliphatic carbocycles. The van der Waals surface area contributed by atoms with E-state index in [2.05, 4.69) is 5.32 Å². The molecule has 0 radical (unpaired) electrons. The topological polar surface area (TPSA) is 52.9 Å². The first-order chi connectivity index (χ1) is 7.17. The third-order valence-electron chi connectivity index (χ3n) is 2.27. The molecule has 3 heteroatoms. The minimum atomic E-state index is -0.0890. The maximum Gasteiger partial charge on any atom is 0.251 e. The number of carbonyl (C=O) groups is 1. The second kappa shape index (κ2) is 5.16. The van der Waals surface area contributed by atoms with Gasteiger partial charge in [-0.05, 0) is 37.6 Å². The van der Waals surface area contributed by atoms with Gasteiger partial charge in [-0.25, -0.2) is 0 Å². The predicted octanol–water partition coefficient (Wildman–Crippen LogP) is 2.09. The van der Waals surface area contributed by atoms with E-state index in [1.54, 1.807) is 24.3 Å². The first-order valence-corrected chi connectivity index (χ1v) is 4.98. The lowest BCUT2D eigenvalue weighted by Gasteiger charge is -2.10. The van der Waals surface area contributed by atoms with Crippen LogP contribution in [0.25, 0.3) is 0 Å². The standard InChI is InChI=1S/C12H14N2O/c1-3-9(2)14-12(15)11-6-4-10(8-13)5-7-11/h4-7,9H,3H2,1-2H3,(H,14,15)/t9-/m1/s1. The molecule has 1 atom stereocenters. The molecule has 0 saturated carbocycles. The molecule has 0 spiro atoms. The number of carbonyl (C=O) groups excluding carboxylic acids is 1. The van der Waals surface area contributed by atoms with Crippen LogP contribution < -0.4 is 5.32 Å². The van der Waals surface area contributed by atoms with E-state index in [0.717, 1.165) is 6.42 Å². The van der Waals surface area contributed by atoms with E-state index >= 15 is 0 Å². The Kier molecular flexibility index (Phi) is 3.87. The van der Waals surface area contributed by atoms with E-state index in [1.807, 2.05) is 19.9 Å². The van der Waals surface area contributed by atoms with Gasteiger partial charge in [-0.1, -0.05) is 6.92 Å². The molecule has 1 aromatic carbocycles. The quantitative estimate of drug-likeness (QED) is 0.815. The van der Waals surface area contributed by atoms with E-state index in [9.17, 15) is 4.79 Å². The molecule has 0 aliphatic rings. The predicted molar refractivity (Wildman–Crippen MR) is 58.4 cm³/mol. The molecule has 3 nitrogen and oxygen atoms in total. The third kappa shape index (κ3) is 3.10. The summed E-state index contributed by atoms with van der Waals surface area (Å²) in [6.07, 6.45) is 0.905. The Hall–Kier alpha value is -1.82. The molecule has 0 saturated heterocycles. The second-order valence-corrected chi connectivity index (χ2v) is 3.47. The van der Waals surface area contributed by atoms with Crippen molar-refractivity contribution in [3.63, 3.8) is 0 Å². The van der Waals surface area contributed by atoms with Gasteiger partial charge in [0.1, 0.15) is 0 Å². The van der Waals surface area contributed by atoms with E-state index in [0.29, 0.717) is 11.1 Å². The second-order valence-electron chi connectivity index (χ2n) is 3.47. The summed E-state index contributed by atoms with van der Waals surface area (Å²) in [5, 5.41) is 11.5. The fourth-order valence-electron chi connectivity index (χ4n) is 1.11. The lowest BCUT2D eigenvalue weighted by molar-refractivity contribution is 0.0939. The van der Waals surface area contributed by atoms with Crippen LogP contribution in [0.2, 0.25) is 0 Å². The molecule has 1 rings (SSSR count). The van der Waals surface area contributed by atoms with Gasteiger partial charge in [-0.2, -0.15) is 5.26 Å². The van der Waals surface area contributed by atoms with Crippen molar-refractivity contribution in [2.75, 3.05) is 0 Å². The van der Waals surface area contributed by atoms with E-state index in [1.165, 1.54) is 0 Å². The largest absolute Gasteiger partial charge is 0.350 e. The van der Waals surface area contributed by atoms with Gasteiger partial charge in [0.25, 0.3) is 5.91 Å². The summed E-state index contributed by atoms with van der Waals surface area (Å²) in [4.78, 5) is 11.6. The zero-order valence-electron chi connectivity index (χ0n) is 8.95. The Morgan fingerprint density at radius 2 is 2.07 bits per heavy atom. The number of hydrogen-bond donors (Lipinski definition) is 1. The number of nitrogens with one attached hydrogen (secondary N) is 1. The van der Waals surface area contributed by atoms with Crippen LogP contribution in [0.15, 0.2) is 24.3 Å². The van der Waals surface area contributed by atoms with E-state index in [4.69, 9.17) is 5.26 Å². The maximum atomic E-state index is 11.6. The van der Waals surface area contributed by atoms with E-state index < -0.39 is 0 Å². The van der Waals surface area contributed by atoms with Crippen molar-refractivity contribution in [1.29, 1.82) is 5.26 Å². The van der Waals surface area contributed by atoms with Gasteiger partial charge >= 0.3 is 0 Å². The van der Waals surface area contributed by atoms with Crippen LogP contribution in [0, 0.1) is 11.3 Å². The SMILES string of the molecule is CC[C@@H](C)NC(=O)c1ccc(C#N)cc1. The molecule has 0 bridgehead atoms. The summed E-state index contributed by atoms with van der Waals surface area (Å²) >= 11 is 0. The van der Waals surface area contributed by atoms with Gasteiger partial charge in [0.05, 0.1) is 11.6 Å². The molecule has 1 N–H and O–H groups in total. The summed E-state index contributed by atoms with van der Waals surface area (Å²) in [6, 6.07) is 8.80. The average molecular weight is 202 g/mol. The third-order valence-corrected chi connectivity index (χ3v) is 2.27. The molecule has 1 amide bonds. The van der Waals surface area contributed by atoms with Gasteiger partial charge in [0, 0.05) is 11.6 Å². The Morgan fingerprint density at radius 3 is 2.53 bits per heavy atom. The summed E-state index contributed by atoms with van der Waals surface area (Å²) in [6.45, 7) is 3.98. The zero-order valence-corrected chi connectivity index (χ0v) is 8.95. The van der Waals surface area contributed by atoms with Crippen LogP contribution in [0.5, 0.6) is 0 Å². The van der Waals surface area contributed by atoms with Gasteiger partial charge in [0.2, 0.25) is 0 Å². The summed E-state index contributed by atoms with van der Waals surface area (Å²) < 4.78 is 0. The molecular formula is C12H14N2O. The lowest BCUT2D eigenvalue weighted by atomic mass is 10.1. The smallest absolute Gasteiger partial charge is 0.251 e. The number of rotatable bonds is 3. The Balaban J connectivity index is 2.71. The number of amides is 1. The highest BCUT2D eigenvalue weighted by atomic mass is 16.1. The highest BCUT2D eigenvalue weighted by Gasteiger charge is 2.07. The minimum absolute atomic E-state index is 0.0890. The van der Waals surface area contributed by atoms with Crippen LogP contribution in [0.4, 0.5) is 0 Å². The molecule has 78 valence electrons. The molecule has 0 aliphatic heterocycles. The molecule has 0 heterocycles. The van der Waals surface area contributed by atoms with Crippen LogP contribution in [-0.2, 0) is 0 Å². The Labute approximate surface area is 89.7 Å². The highest BCUT2D eigenvalue weighted by Crippen LogP contribution is 2.03. The molecule has 0 fully saturated rings. The molecule has 0 aromatic heterocycles. The monoisotopic (exact) mass is 202 g/mol. The number of hydrogen-bond acceptors (Lipinski definition) is 2. The normalized spacial score (nSPS) is 11.5. The van der Waals surface area contributed by atoms with Crippen molar-refractivity contribution in [2.24, 2.45) is 0 Å². The van der Waals surface area contributed by atoms with Gasteiger partial charge < -0.3 is 5.32 Å². The Morgan fingerprint density at radius 1 is 1.47 bits per heavy atom. The van der Waals surface area contributed by atoms with Crippen molar-refractivity contribution in [3.8, 4) is 6.07 Å². The van der Waals surface area contributed by atoms with Gasteiger partial charge in [-0.15, -0.1) is 0 Å². The summed E-state index contributed by atoms with van der Waals surface area (Å²) in [7, 11) is 0. The number of nitrogens with zero attached hydrogens (tertiary/aromatic N) is 1. The molecule has 15 heavy (non-hydrogen) atoms. The van der Waals surface area contributed by atoms with Gasteiger partial charge in [-0.3, -0.25) is 4.79 Å². The summed E-state index contributed by atoms with van der Waals surface area (Å²) in [5.74, 6) is -0.0890. The fraction of sp³-hybridized carbons (Fsp3) is 0.333. The van der Waals surface area contributed by atoms with E-state index in [-0.39, 0.29) is 11.9 Å². The van der Waals surface area contributed by atoms with Crippen LogP contribution in [-0.4, -0.2) is 11.9 Å². The van der Waals surface area contributed by atoms with Crippen molar-refractivity contribution >= 4 is 5.91 Å². The van der Waals surface area contributed by atoms with Crippen molar-refractivity contribution in [2.45, 2.75) is 26.3 Å². The van der Waals surface area contributed by atoms with Crippen molar-refractivity contribution in [1.82, 2.24) is 5.32 Å². The Bertz CT molecular complexity index is 376. The zero-order chi connectivity index (χ0) is 11.3. The van der Waals surface area contributed by atoms with Crippen molar-refractivity contribution < 1.29 is 4.79 Å².